The van der Waals surface area contributed by atoms with Crippen LogP contribution in [0.5, 0.6) is 11.5 Å². The Morgan fingerprint density at radius 3 is 1.05 bits per heavy atom. The van der Waals surface area contributed by atoms with Crippen LogP contribution in [0.1, 0.15) is 103 Å². The van der Waals surface area contributed by atoms with E-state index in [2.05, 4.69) is 118 Å². The molecule has 4 rings (SSSR count). The predicted octanol–water partition coefficient (Wildman–Crippen LogP) is 7.51. The van der Waals surface area contributed by atoms with Gasteiger partial charge in [-0.2, -0.15) is 0 Å². The number of hydrogen-bond acceptors (Lipinski definition) is 4. The SMILES string of the molecule is CN(C)c1cc2c(cc1O[B]Oc1cc3c(cc1N(C)C)C(C)(C)CCC3(C)C)C(C)(C)CCC2(C)C. The minimum absolute atomic E-state index is 0.115. The van der Waals surface area contributed by atoms with Crippen molar-refractivity contribution < 1.29 is 9.31 Å². The summed E-state index contributed by atoms with van der Waals surface area (Å²) in [5.41, 5.74) is 8.29. The third-order valence-corrected chi connectivity index (χ3v) is 9.18. The van der Waals surface area contributed by atoms with Gasteiger partial charge in [-0.25, -0.2) is 0 Å². The average Bonchev–Trinajstić information content (AvgIpc) is 2.79. The molecule has 1 radical (unpaired) electrons. The highest BCUT2D eigenvalue weighted by atomic mass is 16.6. The number of hydrogen-bond donors (Lipinski definition) is 0. The van der Waals surface area contributed by atoms with Crippen molar-refractivity contribution >= 4 is 19.1 Å². The molecule has 0 saturated heterocycles. The zero-order valence-corrected chi connectivity index (χ0v) is 25.4. The van der Waals surface area contributed by atoms with E-state index in [1.165, 1.54) is 55.6 Å². The van der Waals surface area contributed by atoms with Gasteiger partial charge in [-0.15, -0.1) is 0 Å². The Balaban J connectivity index is 1.68. The highest BCUT2D eigenvalue weighted by Gasteiger charge is 2.39. The van der Waals surface area contributed by atoms with Gasteiger partial charge in [-0.3, -0.25) is 0 Å². The molecule has 0 amide bonds. The van der Waals surface area contributed by atoms with Gasteiger partial charge in [0.25, 0.3) is 0 Å². The van der Waals surface area contributed by atoms with Crippen molar-refractivity contribution in [2.75, 3.05) is 38.0 Å². The van der Waals surface area contributed by atoms with Gasteiger partial charge in [0, 0.05) is 28.2 Å². The summed E-state index contributed by atoms with van der Waals surface area (Å²) in [7, 11) is 9.83. The van der Waals surface area contributed by atoms with Gasteiger partial charge >= 0.3 is 7.69 Å². The van der Waals surface area contributed by atoms with E-state index in [0.717, 1.165) is 22.9 Å². The lowest BCUT2D eigenvalue weighted by Gasteiger charge is -2.43. The van der Waals surface area contributed by atoms with Crippen molar-refractivity contribution in [2.45, 2.75) is 103 Å². The van der Waals surface area contributed by atoms with Gasteiger partial charge in [0.05, 0.1) is 11.4 Å². The zero-order chi connectivity index (χ0) is 27.6. The second-order valence-electron chi connectivity index (χ2n) is 14.4. The highest BCUT2D eigenvalue weighted by molar-refractivity contribution is 6.21. The van der Waals surface area contributed by atoms with E-state index in [-0.39, 0.29) is 21.7 Å². The molecule has 2 aliphatic rings. The van der Waals surface area contributed by atoms with E-state index in [0.29, 0.717) is 0 Å². The van der Waals surface area contributed by atoms with Crippen LogP contribution in [0.4, 0.5) is 11.4 Å². The summed E-state index contributed by atoms with van der Waals surface area (Å²) >= 11 is 0. The molecule has 2 aliphatic carbocycles. The maximum absolute atomic E-state index is 6.29. The van der Waals surface area contributed by atoms with Crippen molar-refractivity contribution in [3.05, 3.63) is 46.5 Å². The largest absolute Gasteiger partial charge is 0.658 e. The minimum atomic E-state index is 0.115. The summed E-state index contributed by atoms with van der Waals surface area (Å²) in [6, 6.07) is 9.15. The Morgan fingerprint density at radius 1 is 0.514 bits per heavy atom. The van der Waals surface area contributed by atoms with Gasteiger partial charge < -0.3 is 19.1 Å². The fourth-order valence-corrected chi connectivity index (χ4v) is 6.18. The van der Waals surface area contributed by atoms with Crippen LogP contribution in [0, 0.1) is 0 Å². The van der Waals surface area contributed by atoms with Crippen molar-refractivity contribution in [1.29, 1.82) is 0 Å². The standard InChI is InChI=1S/C32H48BN2O2/c1-29(2)13-15-31(5,6)23-19-27(25(34(9)10)17-21(23)29)36-33-37-28-20-24-22(18-26(28)35(11)12)30(3,4)14-16-32(24,7)8/h17-20H,13-16H2,1-12H3. The van der Waals surface area contributed by atoms with Crippen molar-refractivity contribution in [3.63, 3.8) is 0 Å². The molecule has 0 aliphatic heterocycles. The van der Waals surface area contributed by atoms with E-state index in [4.69, 9.17) is 9.31 Å². The van der Waals surface area contributed by atoms with Crippen LogP contribution in [-0.4, -0.2) is 35.9 Å². The minimum Gasteiger partial charge on any atom is -0.525 e. The number of nitrogens with zero attached hydrogens (tertiary/aromatic N) is 2. The maximum Gasteiger partial charge on any atom is 0.658 e. The molecule has 0 saturated carbocycles. The molecule has 0 aromatic heterocycles. The van der Waals surface area contributed by atoms with E-state index < -0.39 is 0 Å². The fraction of sp³-hybridized carbons (Fsp3) is 0.625. The highest BCUT2D eigenvalue weighted by Crippen LogP contribution is 2.50. The first-order valence-corrected chi connectivity index (χ1v) is 13.8. The molecule has 37 heavy (non-hydrogen) atoms. The molecule has 0 N–H and O–H groups in total. The summed E-state index contributed by atoms with van der Waals surface area (Å²) in [6.45, 7) is 18.8. The smallest absolute Gasteiger partial charge is 0.525 e. The van der Waals surface area contributed by atoms with Crippen LogP contribution in [0.3, 0.4) is 0 Å². The topological polar surface area (TPSA) is 24.9 Å². The number of anilines is 2. The van der Waals surface area contributed by atoms with Crippen LogP contribution in [0.25, 0.3) is 0 Å². The number of rotatable bonds is 6. The monoisotopic (exact) mass is 503 g/mol. The van der Waals surface area contributed by atoms with Crippen molar-refractivity contribution in [2.24, 2.45) is 0 Å². The van der Waals surface area contributed by atoms with Crippen LogP contribution in [0.15, 0.2) is 24.3 Å². The molecule has 2 aromatic carbocycles. The Kier molecular flexibility index (Phi) is 6.87. The van der Waals surface area contributed by atoms with Crippen molar-refractivity contribution in [3.8, 4) is 11.5 Å². The second-order valence-corrected chi connectivity index (χ2v) is 14.4. The summed E-state index contributed by atoms with van der Waals surface area (Å²) < 4.78 is 12.6. The van der Waals surface area contributed by atoms with Gasteiger partial charge in [-0.05, 0) is 93.9 Å². The first-order chi connectivity index (χ1) is 17.0. The summed E-state index contributed by atoms with van der Waals surface area (Å²) in [5, 5.41) is 0. The van der Waals surface area contributed by atoms with Crippen LogP contribution >= 0.6 is 0 Å². The Hall–Kier alpha value is -2.30. The molecule has 2 aromatic rings. The van der Waals surface area contributed by atoms with Crippen LogP contribution in [-0.2, 0) is 21.7 Å². The van der Waals surface area contributed by atoms with E-state index in [9.17, 15) is 0 Å². The Labute approximate surface area is 227 Å². The lowest BCUT2D eigenvalue weighted by molar-refractivity contribution is 0.329. The van der Waals surface area contributed by atoms with Gasteiger partial charge in [0.2, 0.25) is 0 Å². The lowest BCUT2D eigenvalue weighted by Crippen LogP contribution is -2.34. The molecule has 201 valence electrons. The molecule has 0 spiro atoms. The zero-order valence-electron chi connectivity index (χ0n) is 25.4. The van der Waals surface area contributed by atoms with E-state index in [1.54, 1.807) is 0 Å². The third-order valence-electron chi connectivity index (χ3n) is 9.18. The number of fused-ring (bicyclic) bond motifs is 2. The van der Waals surface area contributed by atoms with Crippen molar-refractivity contribution in [1.82, 2.24) is 0 Å². The molecule has 0 atom stereocenters. The molecule has 0 heterocycles. The number of benzene rings is 2. The van der Waals surface area contributed by atoms with Crippen LogP contribution in [0.2, 0.25) is 0 Å². The predicted molar refractivity (Wildman–Crippen MR) is 159 cm³/mol. The molecule has 4 nitrogen and oxygen atoms in total. The molecular formula is C32H48BN2O2. The lowest BCUT2D eigenvalue weighted by atomic mass is 9.63. The van der Waals surface area contributed by atoms with E-state index >= 15 is 0 Å². The first kappa shape index (κ1) is 27.7. The molecule has 0 bridgehead atoms. The average molecular weight is 504 g/mol. The van der Waals surface area contributed by atoms with Crippen LogP contribution < -0.4 is 19.1 Å². The summed E-state index contributed by atoms with van der Waals surface area (Å²) in [5.74, 6) is 1.67. The summed E-state index contributed by atoms with van der Waals surface area (Å²) in [6.07, 6.45) is 4.71. The second kappa shape index (κ2) is 9.17. The third kappa shape index (κ3) is 5.08. The summed E-state index contributed by atoms with van der Waals surface area (Å²) in [4.78, 5) is 4.27. The molecule has 0 fully saturated rings. The Morgan fingerprint density at radius 2 is 0.784 bits per heavy atom. The fourth-order valence-electron chi connectivity index (χ4n) is 6.18. The molecule has 5 heteroatoms. The van der Waals surface area contributed by atoms with Gasteiger partial charge in [-0.1, -0.05) is 55.4 Å². The van der Waals surface area contributed by atoms with E-state index in [1.807, 2.05) is 0 Å². The maximum atomic E-state index is 6.29. The molecule has 0 unspecified atom stereocenters. The molecular weight excluding hydrogens is 455 g/mol. The quantitative estimate of drug-likeness (QED) is 0.381. The van der Waals surface area contributed by atoms with Gasteiger partial charge in [0.15, 0.2) is 0 Å². The van der Waals surface area contributed by atoms with Gasteiger partial charge in [0.1, 0.15) is 11.5 Å². The first-order valence-electron chi connectivity index (χ1n) is 13.8. The Bertz CT molecular complexity index is 1090. The normalized spacial score (nSPS) is 20.3.